The Balaban J connectivity index is 1.60. The maximum Gasteiger partial charge on any atom is 0.234 e. The molecule has 0 atom stereocenters. The van der Waals surface area contributed by atoms with Gasteiger partial charge in [0.1, 0.15) is 16.5 Å². The maximum atomic E-state index is 12.3. The SMILES string of the molecule is COc1cc(NC(=O)CSc2ccc(-c3ccccc3C)nn2)cc(OC)c1. The summed E-state index contributed by atoms with van der Waals surface area (Å²) in [6.45, 7) is 2.04. The minimum atomic E-state index is -0.148. The van der Waals surface area contributed by atoms with Gasteiger partial charge >= 0.3 is 0 Å². The summed E-state index contributed by atoms with van der Waals surface area (Å²) >= 11 is 1.33. The number of thioether (sulfide) groups is 1. The maximum absolute atomic E-state index is 12.3. The third-order valence-corrected chi connectivity index (χ3v) is 4.97. The number of aromatic nitrogens is 2. The van der Waals surface area contributed by atoms with Gasteiger partial charge in [-0.05, 0) is 24.6 Å². The number of nitrogens with zero attached hydrogens (tertiary/aromatic N) is 2. The van der Waals surface area contributed by atoms with Gasteiger partial charge in [-0.3, -0.25) is 4.79 Å². The second kappa shape index (κ2) is 9.23. The van der Waals surface area contributed by atoms with E-state index in [0.717, 1.165) is 16.8 Å². The van der Waals surface area contributed by atoms with Crippen LogP contribution in [-0.4, -0.2) is 36.1 Å². The fraction of sp³-hybridized carbons (Fsp3) is 0.190. The van der Waals surface area contributed by atoms with Gasteiger partial charge in [0.15, 0.2) is 0 Å². The van der Waals surface area contributed by atoms with Crippen LogP contribution in [0, 0.1) is 6.92 Å². The van der Waals surface area contributed by atoms with E-state index in [1.165, 1.54) is 11.8 Å². The zero-order valence-corrected chi connectivity index (χ0v) is 16.7. The van der Waals surface area contributed by atoms with E-state index in [0.29, 0.717) is 22.2 Å². The third-order valence-electron chi connectivity index (χ3n) is 4.05. The van der Waals surface area contributed by atoms with Crippen LogP contribution in [0.1, 0.15) is 5.56 Å². The van der Waals surface area contributed by atoms with Crippen LogP contribution in [0.2, 0.25) is 0 Å². The van der Waals surface area contributed by atoms with Crippen molar-refractivity contribution in [3.8, 4) is 22.8 Å². The second-order valence-electron chi connectivity index (χ2n) is 6.01. The summed E-state index contributed by atoms with van der Waals surface area (Å²) < 4.78 is 10.4. The predicted octanol–water partition coefficient (Wildman–Crippen LogP) is 4.20. The Labute approximate surface area is 168 Å². The highest BCUT2D eigenvalue weighted by Gasteiger charge is 2.09. The lowest BCUT2D eigenvalue weighted by molar-refractivity contribution is -0.113. The van der Waals surface area contributed by atoms with Crippen molar-refractivity contribution in [1.29, 1.82) is 0 Å². The van der Waals surface area contributed by atoms with Crippen LogP contribution in [0.3, 0.4) is 0 Å². The molecule has 0 aliphatic heterocycles. The number of aryl methyl sites for hydroxylation is 1. The molecule has 0 aliphatic carbocycles. The van der Waals surface area contributed by atoms with E-state index in [-0.39, 0.29) is 11.7 Å². The number of carbonyl (C=O) groups excluding carboxylic acids is 1. The van der Waals surface area contributed by atoms with E-state index >= 15 is 0 Å². The lowest BCUT2D eigenvalue weighted by atomic mass is 10.1. The lowest BCUT2D eigenvalue weighted by Crippen LogP contribution is -2.14. The van der Waals surface area contributed by atoms with Crippen LogP contribution in [0.25, 0.3) is 11.3 Å². The van der Waals surface area contributed by atoms with Crippen LogP contribution in [0.15, 0.2) is 59.6 Å². The Morgan fingerprint density at radius 2 is 1.71 bits per heavy atom. The van der Waals surface area contributed by atoms with Crippen LogP contribution in [0.4, 0.5) is 5.69 Å². The number of anilines is 1. The van der Waals surface area contributed by atoms with Gasteiger partial charge in [-0.15, -0.1) is 10.2 Å². The van der Waals surface area contributed by atoms with E-state index in [9.17, 15) is 4.79 Å². The van der Waals surface area contributed by atoms with Gasteiger partial charge in [-0.1, -0.05) is 36.0 Å². The molecule has 1 amide bonds. The molecule has 0 bridgehead atoms. The number of nitrogens with one attached hydrogen (secondary N) is 1. The van der Waals surface area contributed by atoms with E-state index in [4.69, 9.17) is 9.47 Å². The molecular weight excluding hydrogens is 374 g/mol. The highest BCUT2D eigenvalue weighted by atomic mass is 32.2. The minimum absolute atomic E-state index is 0.148. The molecule has 28 heavy (non-hydrogen) atoms. The van der Waals surface area contributed by atoms with Gasteiger partial charge in [0.05, 0.1) is 25.7 Å². The monoisotopic (exact) mass is 395 g/mol. The summed E-state index contributed by atoms with van der Waals surface area (Å²) in [4.78, 5) is 12.3. The summed E-state index contributed by atoms with van der Waals surface area (Å²) in [6, 6.07) is 17.0. The third kappa shape index (κ3) is 5.01. The summed E-state index contributed by atoms with van der Waals surface area (Å²) in [5, 5.41) is 12.0. The zero-order valence-electron chi connectivity index (χ0n) is 15.9. The second-order valence-corrected chi connectivity index (χ2v) is 7.01. The predicted molar refractivity (Wildman–Crippen MR) is 111 cm³/mol. The first-order valence-corrected chi connectivity index (χ1v) is 9.63. The number of rotatable bonds is 7. The van der Waals surface area contributed by atoms with Crippen molar-refractivity contribution in [2.24, 2.45) is 0 Å². The zero-order chi connectivity index (χ0) is 19.9. The summed E-state index contributed by atoms with van der Waals surface area (Å²) in [6.07, 6.45) is 0. The summed E-state index contributed by atoms with van der Waals surface area (Å²) in [5.74, 6) is 1.29. The van der Waals surface area contributed by atoms with Crippen molar-refractivity contribution in [2.75, 3.05) is 25.3 Å². The number of ether oxygens (including phenoxy) is 2. The molecule has 0 fully saturated rings. The van der Waals surface area contributed by atoms with Crippen molar-refractivity contribution in [1.82, 2.24) is 10.2 Å². The molecule has 1 N–H and O–H groups in total. The van der Waals surface area contributed by atoms with Crippen molar-refractivity contribution in [2.45, 2.75) is 11.9 Å². The number of amides is 1. The first-order valence-electron chi connectivity index (χ1n) is 8.64. The largest absolute Gasteiger partial charge is 0.497 e. The number of carbonyl (C=O) groups is 1. The van der Waals surface area contributed by atoms with Crippen LogP contribution in [0.5, 0.6) is 11.5 Å². The van der Waals surface area contributed by atoms with Gasteiger partial charge < -0.3 is 14.8 Å². The Morgan fingerprint density at radius 3 is 2.32 bits per heavy atom. The molecule has 6 nitrogen and oxygen atoms in total. The molecule has 0 aliphatic rings. The molecule has 0 saturated heterocycles. The van der Waals surface area contributed by atoms with E-state index in [1.807, 2.05) is 43.3 Å². The average molecular weight is 395 g/mol. The molecule has 7 heteroatoms. The topological polar surface area (TPSA) is 73.3 Å². The lowest BCUT2D eigenvalue weighted by Gasteiger charge is -2.09. The van der Waals surface area contributed by atoms with Crippen LogP contribution in [-0.2, 0) is 4.79 Å². The molecule has 0 saturated carbocycles. The number of methoxy groups -OCH3 is 2. The quantitative estimate of drug-likeness (QED) is 0.605. The smallest absolute Gasteiger partial charge is 0.234 e. The fourth-order valence-corrected chi connectivity index (χ4v) is 3.23. The van der Waals surface area contributed by atoms with Gasteiger partial charge in [0.2, 0.25) is 5.91 Å². The summed E-state index contributed by atoms with van der Waals surface area (Å²) in [7, 11) is 3.13. The van der Waals surface area contributed by atoms with Gasteiger partial charge in [0, 0.05) is 29.4 Å². The Kier molecular flexibility index (Phi) is 6.49. The van der Waals surface area contributed by atoms with Crippen molar-refractivity contribution < 1.29 is 14.3 Å². The highest BCUT2D eigenvalue weighted by molar-refractivity contribution is 7.99. The molecule has 3 rings (SSSR count). The fourth-order valence-electron chi connectivity index (χ4n) is 2.62. The molecule has 0 spiro atoms. The number of hydrogen-bond donors (Lipinski definition) is 1. The number of hydrogen-bond acceptors (Lipinski definition) is 6. The Bertz CT molecular complexity index is 939. The molecular formula is C21H21N3O3S. The average Bonchev–Trinajstić information content (AvgIpc) is 2.72. The first kappa shape index (κ1) is 19.7. The minimum Gasteiger partial charge on any atom is -0.497 e. The molecule has 0 radical (unpaired) electrons. The molecule has 1 heterocycles. The first-order chi connectivity index (χ1) is 13.6. The molecule has 3 aromatic rings. The van der Waals surface area contributed by atoms with Crippen molar-refractivity contribution in [3.63, 3.8) is 0 Å². The van der Waals surface area contributed by atoms with Gasteiger partial charge in [-0.2, -0.15) is 0 Å². The van der Waals surface area contributed by atoms with Crippen molar-refractivity contribution in [3.05, 3.63) is 60.2 Å². The van der Waals surface area contributed by atoms with Crippen LogP contribution >= 0.6 is 11.8 Å². The van der Waals surface area contributed by atoms with Crippen LogP contribution < -0.4 is 14.8 Å². The summed E-state index contributed by atoms with van der Waals surface area (Å²) in [5.41, 5.74) is 3.62. The molecule has 144 valence electrons. The van der Waals surface area contributed by atoms with Gasteiger partial charge in [0.25, 0.3) is 0 Å². The normalized spacial score (nSPS) is 10.4. The standard InChI is InChI=1S/C21H21N3O3S/c1-14-6-4-5-7-18(14)19-8-9-21(24-23-19)28-13-20(25)22-15-10-16(26-2)12-17(11-15)27-3/h4-12H,13H2,1-3H3,(H,22,25). The molecule has 1 aromatic heterocycles. The van der Waals surface area contributed by atoms with E-state index in [1.54, 1.807) is 32.4 Å². The Hall–Kier alpha value is -3.06. The number of benzene rings is 2. The van der Waals surface area contributed by atoms with E-state index in [2.05, 4.69) is 15.5 Å². The highest BCUT2D eigenvalue weighted by Crippen LogP contribution is 2.26. The molecule has 0 unspecified atom stereocenters. The van der Waals surface area contributed by atoms with E-state index < -0.39 is 0 Å². The van der Waals surface area contributed by atoms with Crippen molar-refractivity contribution >= 4 is 23.4 Å². The Morgan fingerprint density at radius 1 is 1.00 bits per heavy atom. The molecule has 2 aromatic carbocycles. The van der Waals surface area contributed by atoms with Gasteiger partial charge in [-0.25, -0.2) is 0 Å².